The zero-order valence-electron chi connectivity index (χ0n) is 14.7. The predicted octanol–water partition coefficient (Wildman–Crippen LogP) is 4.69. The second-order valence-corrected chi connectivity index (χ2v) is 6.17. The van der Waals surface area contributed by atoms with E-state index in [-0.39, 0.29) is 0 Å². The van der Waals surface area contributed by atoms with Gasteiger partial charge in [-0.05, 0) is 49.7 Å². The number of para-hydroxylation sites is 1. The minimum absolute atomic E-state index is 0.569. The molecule has 0 amide bonds. The molecule has 0 atom stereocenters. The summed E-state index contributed by atoms with van der Waals surface area (Å²) in [4.78, 5) is 9.00. The maximum absolute atomic E-state index is 4.66. The topological polar surface area (TPSA) is 55.6 Å². The molecule has 0 aliphatic heterocycles. The fraction of sp³-hybridized carbons (Fsp3) is 0.0952. The van der Waals surface area contributed by atoms with Crippen LogP contribution in [0.3, 0.4) is 0 Å². The van der Waals surface area contributed by atoms with Crippen molar-refractivity contribution in [3.63, 3.8) is 0 Å². The minimum Gasteiger partial charge on any atom is -0.324 e. The zero-order chi connectivity index (χ0) is 17.9. The third kappa shape index (κ3) is 3.32. The minimum atomic E-state index is 0.569. The van der Waals surface area contributed by atoms with Crippen LogP contribution in [-0.2, 0) is 0 Å². The lowest BCUT2D eigenvalue weighted by atomic mass is 10.2. The highest BCUT2D eigenvalue weighted by atomic mass is 15.3. The summed E-state index contributed by atoms with van der Waals surface area (Å²) < 4.78 is 1.88. The van der Waals surface area contributed by atoms with Gasteiger partial charge in [-0.1, -0.05) is 30.3 Å². The number of anilines is 2. The Kier molecular flexibility index (Phi) is 4.19. The fourth-order valence-corrected chi connectivity index (χ4v) is 2.85. The summed E-state index contributed by atoms with van der Waals surface area (Å²) in [6, 6.07) is 20.1. The molecule has 5 heteroatoms. The molecule has 0 radical (unpaired) electrons. The molecule has 2 aromatic heterocycles. The molecule has 26 heavy (non-hydrogen) atoms. The van der Waals surface area contributed by atoms with Gasteiger partial charge >= 0.3 is 0 Å². The summed E-state index contributed by atoms with van der Waals surface area (Å²) in [7, 11) is 0. The molecule has 2 aromatic carbocycles. The summed E-state index contributed by atoms with van der Waals surface area (Å²) in [6.07, 6.45) is 3.77. The van der Waals surface area contributed by atoms with Crippen molar-refractivity contribution >= 4 is 11.6 Å². The van der Waals surface area contributed by atoms with Gasteiger partial charge in [0, 0.05) is 23.6 Å². The van der Waals surface area contributed by atoms with Crippen LogP contribution in [0.2, 0.25) is 0 Å². The first-order valence-electron chi connectivity index (χ1n) is 8.48. The molecule has 0 saturated heterocycles. The monoisotopic (exact) mass is 341 g/mol. The van der Waals surface area contributed by atoms with E-state index in [0.29, 0.717) is 5.95 Å². The summed E-state index contributed by atoms with van der Waals surface area (Å²) in [5.41, 5.74) is 5.94. The zero-order valence-corrected chi connectivity index (χ0v) is 14.7. The van der Waals surface area contributed by atoms with Crippen LogP contribution in [0.15, 0.2) is 73.1 Å². The molecule has 5 nitrogen and oxygen atoms in total. The van der Waals surface area contributed by atoms with E-state index < -0.39 is 0 Å². The lowest BCUT2D eigenvalue weighted by Gasteiger charge is -2.06. The van der Waals surface area contributed by atoms with Gasteiger partial charge in [-0.25, -0.2) is 14.6 Å². The third-order valence-electron chi connectivity index (χ3n) is 4.13. The van der Waals surface area contributed by atoms with Crippen LogP contribution < -0.4 is 5.32 Å². The van der Waals surface area contributed by atoms with Crippen LogP contribution in [0.25, 0.3) is 16.9 Å². The lowest BCUT2D eigenvalue weighted by molar-refractivity contribution is 0.863. The Bertz CT molecular complexity index is 1040. The maximum Gasteiger partial charge on any atom is 0.227 e. The molecule has 4 rings (SSSR count). The number of benzene rings is 2. The van der Waals surface area contributed by atoms with Crippen molar-refractivity contribution in [2.45, 2.75) is 13.8 Å². The van der Waals surface area contributed by atoms with E-state index in [4.69, 9.17) is 0 Å². The maximum atomic E-state index is 4.66. The first-order chi connectivity index (χ1) is 12.7. The number of rotatable bonds is 4. The molecule has 0 bridgehead atoms. The molecule has 0 spiro atoms. The molecular formula is C21H19N5. The van der Waals surface area contributed by atoms with Crippen LogP contribution >= 0.6 is 0 Å². The average Bonchev–Trinajstić information content (AvgIpc) is 3.05. The molecule has 1 N–H and O–H groups in total. The van der Waals surface area contributed by atoms with Crippen molar-refractivity contribution < 1.29 is 0 Å². The van der Waals surface area contributed by atoms with Gasteiger partial charge in [-0.3, -0.25) is 0 Å². The Morgan fingerprint density at radius 3 is 2.58 bits per heavy atom. The van der Waals surface area contributed by atoms with Crippen molar-refractivity contribution in [2.75, 3.05) is 5.32 Å². The van der Waals surface area contributed by atoms with Crippen LogP contribution in [0.1, 0.15) is 11.3 Å². The normalized spacial score (nSPS) is 10.7. The van der Waals surface area contributed by atoms with E-state index in [9.17, 15) is 0 Å². The second kappa shape index (κ2) is 6.80. The standard InChI is InChI=1S/C21H19N5/c1-15-7-6-8-17(13-15)23-21-22-12-11-20(24-21)19-14-26(25-16(19)2)18-9-4-3-5-10-18/h3-14H,1-2H3,(H,22,23,24). The van der Waals surface area contributed by atoms with E-state index in [1.54, 1.807) is 6.20 Å². The molecule has 4 aromatic rings. The quantitative estimate of drug-likeness (QED) is 0.585. The van der Waals surface area contributed by atoms with Gasteiger partial charge in [0.2, 0.25) is 5.95 Å². The second-order valence-electron chi connectivity index (χ2n) is 6.17. The Labute approximate surface area is 152 Å². The van der Waals surface area contributed by atoms with Gasteiger partial charge in [0.15, 0.2) is 0 Å². The van der Waals surface area contributed by atoms with Gasteiger partial charge in [-0.2, -0.15) is 5.10 Å². The highest BCUT2D eigenvalue weighted by molar-refractivity contribution is 5.64. The molecule has 0 aliphatic carbocycles. The molecule has 0 saturated carbocycles. The van der Waals surface area contributed by atoms with Crippen LogP contribution in [0, 0.1) is 13.8 Å². The number of hydrogen-bond donors (Lipinski definition) is 1. The third-order valence-corrected chi connectivity index (χ3v) is 4.13. The summed E-state index contributed by atoms with van der Waals surface area (Å²) in [5, 5.41) is 7.88. The van der Waals surface area contributed by atoms with Crippen molar-refractivity contribution in [1.82, 2.24) is 19.7 Å². The number of hydrogen-bond acceptors (Lipinski definition) is 4. The van der Waals surface area contributed by atoms with Crippen molar-refractivity contribution in [2.24, 2.45) is 0 Å². The summed E-state index contributed by atoms with van der Waals surface area (Å²) in [6.45, 7) is 4.05. The fourth-order valence-electron chi connectivity index (χ4n) is 2.85. The Hall–Kier alpha value is -3.47. The molecule has 2 heterocycles. The average molecular weight is 341 g/mol. The number of aromatic nitrogens is 4. The number of nitrogens with one attached hydrogen (secondary N) is 1. The molecule has 0 aliphatic rings. The highest BCUT2D eigenvalue weighted by Gasteiger charge is 2.11. The van der Waals surface area contributed by atoms with Crippen LogP contribution in [-0.4, -0.2) is 19.7 Å². The smallest absolute Gasteiger partial charge is 0.227 e. The van der Waals surface area contributed by atoms with Crippen molar-refractivity contribution in [1.29, 1.82) is 0 Å². The van der Waals surface area contributed by atoms with Gasteiger partial charge in [0.05, 0.1) is 17.1 Å². The van der Waals surface area contributed by atoms with E-state index in [2.05, 4.69) is 39.4 Å². The Morgan fingerprint density at radius 2 is 1.77 bits per heavy atom. The Balaban J connectivity index is 1.66. The molecule has 128 valence electrons. The predicted molar refractivity (Wildman–Crippen MR) is 104 cm³/mol. The molecular weight excluding hydrogens is 322 g/mol. The van der Waals surface area contributed by atoms with Gasteiger partial charge in [-0.15, -0.1) is 0 Å². The van der Waals surface area contributed by atoms with Gasteiger partial charge in [0.1, 0.15) is 0 Å². The number of nitrogens with zero attached hydrogens (tertiary/aromatic N) is 4. The van der Waals surface area contributed by atoms with E-state index in [1.807, 2.05) is 66.3 Å². The molecule has 0 fully saturated rings. The van der Waals surface area contributed by atoms with Crippen LogP contribution in [0.4, 0.5) is 11.6 Å². The van der Waals surface area contributed by atoms with E-state index >= 15 is 0 Å². The highest BCUT2D eigenvalue weighted by Crippen LogP contribution is 2.24. The van der Waals surface area contributed by atoms with Crippen molar-refractivity contribution in [3.05, 3.63) is 84.3 Å². The summed E-state index contributed by atoms with van der Waals surface area (Å²) >= 11 is 0. The van der Waals surface area contributed by atoms with Gasteiger partial charge in [0.25, 0.3) is 0 Å². The first-order valence-corrected chi connectivity index (χ1v) is 8.48. The lowest BCUT2D eigenvalue weighted by Crippen LogP contribution is -1.98. The van der Waals surface area contributed by atoms with Crippen LogP contribution in [0.5, 0.6) is 0 Å². The number of aryl methyl sites for hydroxylation is 2. The van der Waals surface area contributed by atoms with E-state index in [1.165, 1.54) is 5.56 Å². The SMILES string of the molecule is Cc1cccc(Nc2nccc(-c3cn(-c4ccccc4)nc3C)n2)c1. The summed E-state index contributed by atoms with van der Waals surface area (Å²) in [5.74, 6) is 0.569. The first kappa shape index (κ1) is 16.0. The van der Waals surface area contributed by atoms with E-state index in [0.717, 1.165) is 28.3 Å². The molecule has 0 unspecified atom stereocenters. The van der Waals surface area contributed by atoms with Crippen molar-refractivity contribution in [3.8, 4) is 16.9 Å². The Morgan fingerprint density at radius 1 is 0.923 bits per heavy atom. The largest absolute Gasteiger partial charge is 0.324 e. The van der Waals surface area contributed by atoms with Gasteiger partial charge < -0.3 is 5.32 Å².